The smallest absolute Gasteiger partial charge is 0.253 e. The SMILES string of the molecule is COc1ccc(N)c(C(=O)NCc2cc[nH]c2)c1. The number of aromatic amines is 1. The fraction of sp³-hybridized carbons (Fsp3) is 0.154. The number of carbonyl (C=O) groups is 1. The molecular formula is C13H15N3O2. The minimum Gasteiger partial charge on any atom is -0.497 e. The highest BCUT2D eigenvalue weighted by molar-refractivity contribution is 5.99. The van der Waals surface area contributed by atoms with Crippen molar-refractivity contribution in [2.24, 2.45) is 0 Å². The molecule has 0 unspecified atom stereocenters. The van der Waals surface area contributed by atoms with Crippen LogP contribution in [0.15, 0.2) is 36.7 Å². The number of carbonyl (C=O) groups excluding carboxylic acids is 1. The van der Waals surface area contributed by atoms with Gasteiger partial charge in [0.25, 0.3) is 5.91 Å². The zero-order valence-corrected chi connectivity index (χ0v) is 10.1. The molecule has 1 amide bonds. The molecule has 1 aromatic heterocycles. The van der Waals surface area contributed by atoms with Gasteiger partial charge in [-0.1, -0.05) is 0 Å². The number of methoxy groups -OCH3 is 1. The fourth-order valence-electron chi connectivity index (χ4n) is 1.60. The third-order valence-electron chi connectivity index (χ3n) is 2.62. The lowest BCUT2D eigenvalue weighted by molar-refractivity contribution is 0.0951. The number of H-pyrrole nitrogens is 1. The Morgan fingerprint density at radius 1 is 1.44 bits per heavy atom. The zero-order valence-electron chi connectivity index (χ0n) is 10.1. The number of nitrogens with one attached hydrogen (secondary N) is 2. The molecule has 1 aromatic carbocycles. The first-order valence-corrected chi connectivity index (χ1v) is 5.54. The lowest BCUT2D eigenvalue weighted by Gasteiger charge is -2.08. The molecule has 0 saturated heterocycles. The van der Waals surface area contributed by atoms with Gasteiger partial charge in [0.2, 0.25) is 0 Å². The van der Waals surface area contributed by atoms with Crippen LogP contribution in [0.5, 0.6) is 5.75 Å². The summed E-state index contributed by atoms with van der Waals surface area (Å²) >= 11 is 0. The van der Waals surface area contributed by atoms with Gasteiger partial charge in [-0.25, -0.2) is 0 Å². The highest BCUT2D eigenvalue weighted by Gasteiger charge is 2.10. The largest absolute Gasteiger partial charge is 0.497 e. The number of nitrogen functional groups attached to an aromatic ring is 1. The van der Waals surface area contributed by atoms with Crippen LogP contribution in [-0.2, 0) is 6.54 Å². The average Bonchev–Trinajstić information content (AvgIpc) is 2.89. The lowest BCUT2D eigenvalue weighted by atomic mass is 10.1. The van der Waals surface area contributed by atoms with Crippen molar-refractivity contribution < 1.29 is 9.53 Å². The molecule has 2 rings (SSSR count). The third-order valence-corrected chi connectivity index (χ3v) is 2.62. The minimum atomic E-state index is -0.215. The van der Waals surface area contributed by atoms with E-state index in [4.69, 9.17) is 10.5 Å². The first-order valence-electron chi connectivity index (χ1n) is 5.54. The Balaban J connectivity index is 2.08. The molecule has 0 aliphatic heterocycles. The molecule has 0 aliphatic rings. The molecule has 0 fully saturated rings. The highest BCUT2D eigenvalue weighted by Crippen LogP contribution is 2.19. The topological polar surface area (TPSA) is 80.1 Å². The van der Waals surface area contributed by atoms with Crippen molar-refractivity contribution in [3.63, 3.8) is 0 Å². The van der Waals surface area contributed by atoms with Gasteiger partial charge < -0.3 is 20.8 Å². The second kappa shape index (κ2) is 5.27. The van der Waals surface area contributed by atoms with E-state index in [2.05, 4.69) is 10.3 Å². The molecule has 5 heteroatoms. The summed E-state index contributed by atoms with van der Waals surface area (Å²) in [5.74, 6) is 0.392. The zero-order chi connectivity index (χ0) is 13.0. The second-order valence-electron chi connectivity index (χ2n) is 3.86. The summed E-state index contributed by atoms with van der Waals surface area (Å²) in [4.78, 5) is 14.9. The van der Waals surface area contributed by atoms with Crippen molar-refractivity contribution in [2.75, 3.05) is 12.8 Å². The van der Waals surface area contributed by atoms with Crippen molar-refractivity contribution >= 4 is 11.6 Å². The van der Waals surface area contributed by atoms with Crippen LogP contribution < -0.4 is 15.8 Å². The highest BCUT2D eigenvalue weighted by atomic mass is 16.5. The van der Waals surface area contributed by atoms with Crippen molar-refractivity contribution in [1.29, 1.82) is 0 Å². The number of aromatic nitrogens is 1. The molecule has 1 heterocycles. The summed E-state index contributed by atoms with van der Waals surface area (Å²) in [6, 6.07) is 6.90. The van der Waals surface area contributed by atoms with Crippen LogP contribution in [0.25, 0.3) is 0 Å². The Labute approximate surface area is 105 Å². The number of ether oxygens (including phenoxy) is 1. The maximum atomic E-state index is 12.0. The maximum absolute atomic E-state index is 12.0. The number of hydrogen-bond donors (Lipinski definition) is 3. The van der Waals surface area contributed by atoms with Crippen LogP contribution in [0.3, 0.4) is 0 Å². The van der Waals surface area contributed by atoms with Crippen LogP contribution in [0.4, 0.5) is 5.69 Å². The van der Waals surface area contributed by atoms with Crippen molar-refractivity contribution in [3.8, 4) is 5.75 Å². The van der Waals surface area contributed by atoms with Gasteiger partial charge in [-0.2, -0.15) is 0 Å². The summed E-state index contributed by atoms with van der Waals surface area (Å²) in [6.45, 7) is 0.457. The van der Waals surface area contributed by atoms with E-state index in [-0.39, 0.29) is 5.91 Å². The van der Waals surface area contributed by atoms with Crippen molar-refractivity contribution in [1.82, 2.24) is 10.3 Å². The Kier molecular flexibility index (Phi) is 3.52. The van der Waals surface area contributed by atoms with Gasteiger partial charge in [0.05, 0.1) is 12.7 Å². The van der Waals surface area contributed by atoms with E-state index in [0.29, 0.717) is 23.5 Å². The normalized spacial score (nSPS) is 10.1. The lowest BCUT2D eigenvalue weighted by Crippen LogP contribution is -2.23. The molecule has 4 N–H and O–H groups in total. The molecule has 94 valence electrons. The van der Waals surface area contributed by atoms with Crippen LogP contribution in [-0.4, -0.2) is 18.0 Å². The average molecular weight is 245 g/mol. The first-order chi connectivity index (χ1) is 8.70. The molecule has 0 spiro atoms. The Hall–Kier alpha value is -2.43. The monoisotopic (exact) mass is 245 g/mol. The van der Waals surface area contributed by atoms with E-state index in [1.807, 2.05) is 12.3 Å². The number of rotatable bonds is 4. The maximum Gasteiger partial charge on any atom is 0.253 e. The number of benzene rings is 1. The van der Waals surface area contributed by atoms with Gasteiger partial charge >= 0.3 is 0 Å². The first kappa shape index (κ1) is 12.0. The van der Waals surface area contributed by atoms with Gasteiger partial charge in [-0.15, -0.1) is 0 Å². The molecule has 0 bridgehead atoms. The van der Waals surface area contributed by atoms with Gasteiger partial charge in [-0.3, -0.25) is 4.79 Å². The Bertz CT molecular complexity index is 535. The van der Waals surface area contributed by atoms with Crippen molar-refractivity contribution in [3.05, 3.63) is 47.8 Å². The summed E-state index contributed by atoms with van der Waals surface area (Å²) in [6.07, 6.45) is 3.64. The third kappa shape index (κ3) is 2.63. The van der Waals surface area contributed by atoms with Gasteiger partial charge in [0.1, 0.15) is 5.75 Å². The van der Waals surface area contributed by atoms with Crippen LogP contribution in [0.2, 0.25) is 0 Å². The number of amides is 1. The predicted octanol–water partition coefficient (Wildman–Crippen LogP) is 1.54. The van der Waals surface area contributed by atoms with E-state index in [9.17, 15) is 4.79 Å². The number of nitrogens with two attached hydrogens (primary N) is 1. The predicted molar refractivity (Wildman–Crippen MR) is 69.4 cm³/mol. The Morgan fingerprint density at radius 3 is 2.94 bits per heavy atom. The summed E-state index contributed by atoms with van der Waals surface area (Å²) in [7, 11) is 1.55. The van der Waals surface area contributed by atoms with Crippen LogP contribution in [0.1, 0.15) is 15.9 Å². The molecule has 0 radical (unpaired) electrons. The van der Waals surface area contributed by atoms with Crippen LogP contribution >= 0.6 is 0 Å². The summed E-state index contributed by atoms with van der Waals surface area (Å²) in [5, 5.41) is 2.80. The molecule has 0 atom stereocenters. The summed E-state index contributed by atoms with van der Waals surface area (Å²) in [5.41, 5.74) is 7.63. The molecule has 2 aromatic rings. The Morgan fingerprint density at radius 2 is 2.28 bits per heavy atom. The quantitative estimate of drug-likeness (QED) is 0.715. The van der Waals surface area contributed by atoms with Gasteiger partial charge in [0, 0.05) is 24.6 Å². The van der Waals surface area contributed by atoms with E-state index >= 15 is 0 Å². The number of anilines is 1. The fourth-order valence-corrected chi connectivity index (χ4v) is 1.60. The van der Waals surface area contributed by atoms with E-state index < -0.39 is 0 Å². The molecule has 5 nitrogen and oxygen atoms in total. The minimum absolute atomic E-state index is 0.215. The molecular weight excluding hydrogens is 230 g/mol. The van der Waals surface area contributed by atoms with E-state index in [0.717, 1.165) is 5.56 Å². The molecule has 0 aliphatic carbocycles. The van der Waals surface area contributed by atoms with Gasteiger partial charge in [-0.05, 0) is 29.8 Å². The summed E-state index contributed by atoms with van der Waals surface area (Å²) < 4.78 is 5.07. The van der Waals surface area contributed by atoms with E-state index in [1.165, 1.54) is 0 Å². The standard InChI is InChI=1S/C13H15N3O2/c1-18-10-2-3-12(14)11(6-10)13(17)16-8-9-4-5-15-7-9/h2-7,15H,8,14H2,1H3,(H,16,17). The number of hydrogen-bond acceptors (Lipinski definition) is 3. The van der Waals surface area contributed by atoms with Crippen LogP contribution in [0, 0.1) is 0 Å². The second-order valence-corrected chi connectivity index (χ2v) is 3.86. The molecule has 18 heavy (non-hydrogen) atoms. The van der Waals surface area contributed by atoms with Crippen molar-refractivity contribution in [2.45, 2.75) is 6.54 Å². The van der Waals surface area contributed by atoms with E-state index in [1.54, 1.807) is 31.5 Å². The van der Waals surface area contributed by atoms with Gasteiger partial charge in [0.15, 0.2) is 0 Å². The molecule has 0 saturated carbocycles.